The topological polar surface area (TPSA) is 57.6 Å². The monoisotopic (exact) mass is 345 g/mol. The average Bonchev–Trinajstić information content (AvgIpc) is 2.61. The minimum Gasteiger partial charge on any atom is -0.481 e. The number of carbonyl (C=O) groups excluding carboxylic acids is 1. The van der Waals surface area contributed by atoms with Crippen molar-refractivity contribution in [2.45, 2.75) is 13.3 Å². The van der Waals surface area contributed by atoms with Gasteiger partial charge in [-0.05, 0) is 47.2 Å². The first-order valence-corrected chi connectivity index (χ1v) is 6.36. The van der Waals surface area contributed by atoms with Crippen LogP contribution in [0.4, 0.5) is 5.69 Å². The fourth-order valence-corrected chi connectivity index (χ4v) is 2.90. The molecule has 4 nitrogen and oxygen atoms in total. The Morgan fingerprint density at radius 1 is 1.53 bits per heavy atom. The quantitative estimate of drug-likeness (QED) is 0.835. The number of carbonyl (C=O) groups is 2. The molecular weight excluding hydrogens is 333 g/mol. The van der Waals surface area contributed by atoms with Crippen LogP contribution in [-0.4, -0.2) is 23.5 Å². The second-order valence-electron chi connectivity index (χ2n) is 4.20. The first kappa shape index (κ1) is 12.3. The van der Waals surface area contributed by atoms with Crippen LogP contribution >= 0.6 is 22.6 Å². The van der Waals surface area contributed by atoms with Crippen LogP contribution < -0.4 is 4.90 Å². The van der Waals surface area contributed by atoms with E-state index in [1.807, 2.05) is 25.1 Å². The normalized spacial score (nSPS) is 19.8. The standard InChI is InChI=1S/C12H12INO3/c1-7-2-3-10(9(13)4-7)14-6-8(12(16)17)5-11(14)15/h2-4,8H,5-6H2,1H3,(H,16,17). The highest BCUT2D eigenvalue weighted by Crippen LogP contribution is 2.29. The Labute approximate surface area is 113 Å². The molecule has 0 radical (unpaired) electrons. The third-order valence-electron chi connectivity index (χ3n) is 2.87. The summed E-state index contributed by atoms with van der Waals surface area (Å²) >= 11 is 2.17. The first-order valence-electron chi connectivity index (χ1n) is 5.28. The van der Waals surface area contributed by atoms with E-state index in [-0.39, 0.29) is 18.9 Å². The Bertz CT molecular complexity index is 487. The van der Waals surface area contributed by atoms with Gasteiger partial charge in [0, 0.05) is 16.5 Å². The van der Waals surface area contributed by atoms with Gasteiger partial charge in [0.1, 0.15) is 0 Å². The summed E-state index contributed by atoms with van der Waals surface area (Å²) in [5.41, 5.74) is 1.93. The highest BCUT2D eigenvalue weighted by atomic mass is 127. The van der Waals surface area contributed by atoms with Crippen LogP contribution in [0.1, 0.15) is 12.0 Å². The van der Waals surface area contributed by atoms with Crippen LogP contribution in [0.25, 0.3) is 0 Å². The SMILES string of the molecule is Cc1ccc(N2CC(C(=O)O)CC2=O)c(I)c1. The Hall–Kier alpha value is -1.11. The molecule has 1 aliphatic heterocycles. The molecule has 2 rings (SSSR count). The summed E-state index contributed by atoms with van der Waals surface area (Å²) in [7, 11) is 0. The zero-order valence-corrected chi connectivity index (χ0v) is 11.5. The molecule has 1 saturated heterocycles. The fourth-order valence-electron chi connectivity index (χ4n) is 1.94. The van der Waals surface area contributed by atoms with E-state index >= 15 is 0 Å². The predicted octanol–water partition coefficient (Wildman–Crippen LogP) is 2.04. The summed E-state index contributed by atoms with van der Waals surface area (Å²) < 4.78 is 0.974. The van der Waals surface area contributed by atoms with E-state index in [1.54, 1.807) is 4.90 Å². The summed E-state index contributed by atoms with van der Waals surface area (Å²) in [5, 5.41) is 8.93. The van der Waals surface area contributed by atoms with Crippen LogP contribution in [0, 0.1) is 16.4 Å². The molecule has 1 unspecified atom stereocenters. The maximum absolute atomic E-state index is 11.8. The summed E-state index contributed by atoms with van der Waals surface area (Å²) in [6.45, 7) is 2.25. The lowest BCUT2D eigenvalue weighted by molar-refractivity contribution is -0.141. The van der Waals surface area contributed by atoms with Crippen molar-refractivity contribution in [3.8, 4) is 0 Å². The van der Waals surface area contributed by atoms with Gasteiger partial charge in [0.25, 0.3) is 0 Å². The van der Waals surface area contributed by atoms with Crippen molar-refractivity contribution in [2.75, 3.05) is 11.4 Å². The lowest BCUT2D eigenvalue weighted by atomic mass is 10.1. The van der Waals surface area contributed by atoms with Crippen LogP contribution in [-0.2, 0) is 9.59 Å². The van der Waals surface area contributed by atoms with Crippen LogP contribution in [0.5, 0.6) is 0 Å². The number of halogens is 1. The van der Waals surface area contributed by atoms with Gasteiger partial charge in [-0.25, -0.2) is 0 Å². The van der Waals surface area contributed by atoms with E-state index in [9.17, 15) is 9.59 Å². The number of hydrogen-bond donors (Lipinski definition) is 1. The average molecular weight is 345 g/mol. The van der Waals surface area contributed by atoms with Gasteiger partial charge in [-0.3, -0.25) is 9.59 Å². The van der Waals surface area contributed by atoms with Gasteiger partial charge in [0.05, 0.1) is 11.6 Å². The minimum absolute atomic E-state index is 0.0965. The molecule has 5 heteroatoms. The van der Waals surface area contributed by atoms with E-state index in [1.165, 1.54) is 0 Å². The fraction of sp³-hybridized carbons (Fsp3) is 0.333. The molecule has 1 N–H and O–H groups in total. The molecule has 90 valence electrons. The van der Waals surface area contributed by atoms with Gasteiger partial charge in [-0.1, -0.05) is 6.07 Å². The molecule has 1 aliphatic rings. The summed E-state index contributed by atoms with van der Waals surface area (Å²) in [4.78, 5) is 24.2. The number of nitrogens with zero attached hydrogens (tertiary/aromatic N) is 1. The van der Waals surface area contributed by atoms with Gasteiger partial charge in [-0.15, -0.1) is 0 Å². The van der Waals surface area contributed by atoms with E-state index in [0.29, 0.717) is 0 Å². The van der Waals surface area contributed by atoms with Gasteiger partial charge in [0.2, 0.25) is 5.91 Å². The molecule has 0 aliphatic carbocycles. The molecule has 1 heterocycles. The third kappa shape index (κ3) is 2.43. The van der Waals surface area contributed by atoms with Crippen molar-refractivity contribution >= 4 is 40.2 Å². The van der Waals surface area contributed by atoms with E-state index in [2.05, 4.69) is 22.6 Å². The molecule has 0 saturated carbocycles. The number of aliphatic carboxylic acids is 1. The zero-order chi connectivity index (χ0) is 12.6. The second kappa shape index (κ2) is 4.64. The van der Waals surface area contributed by atoms with Crippen molar-refractivity contribution in [1.29, 1.82) is 0 Å². The summed E-state index contributed by atoms with van der Waals surface area (Å²) in [5.74, 6) is -1.60. The van der Waals surface area contributed by atoms with Crippen molar-refractivity contribution in [2.24, 2.45) is 5.92 Å². The van der Waals surface area contributed by atoms with Gasteiger partial charge in [-0.2, -0.15) is 0 Å². The Balaban J connectivity index is 2.29. The van der Waals surface area contributed by atoms with Gasteiger partial charge in [0.15, 0.2) is 0 Å². The second-order valence-corrected chi connectivity index (χ2v) is 5.36. The lowest BCUT2D eigenvalue weighted by Gasteiger charge is -2.18. The molecule has 1 aromatic carbocycles. The summed E-state index contributed by atoms with van der Waals surface area (Å²) in [6, 6.07) is 5.79. The van der Waals surface area contributed by atoms with Crippen LogP contribution in [0.3, 0.4) is 0 Å². The highest BCUT2D eigenvalue weighted by Gasteiger charge is 2.35. The lowest BCUT2D eigenvalue weighted by Crippen LogP contribution is -2.26. The zero-order valence-electron chi connectivity index (χ0n) is 9.31. The van der Waals surface area contributed by atoms with Gasteiger partial charge < -0.3 is 10.0 Å². The molecule has 17 heavy (non-hydrogen) atoms. The van der Waals surface area contributed by atoms with Crippen LogP contribution in [0.15, 0.2) is 18.2 Å². The molecule has 0 bridgehead atoms. The van der Waals surface area contributed by atoms with Crippen molar-refractivity contribution in [3.05, 3.63) is 27.3 Å². The first-order chi connectivity index (χ1) is 7.99. The number of rotatable bonds is 2. The Morgan fingerprint density at radius 3 is 2.76 bits per heavy atom. The number of amides is 1. The Kier molecular flexibility index (Phi) is 3.37. The van der Waals surface area contributed by atoms with Crippen molar-refractivity contribution < 1.29 is 14.7 Å². The van der Waals surface area contributed by atoms with E-state index in [4.69, 9.17) is 5.11 Å². The molecule has 0 spiro atoms. The molecule has 0 aromatic heterocycles. The maximum atomic E-state index is 11.8. The third-order valence-corrected chi connectivity index (χ3v) is 3.73. The Morgan fingerprint density at radius 2 is 2.24 bits per heavy atom. The number of anilines is 1. The largest absolute Gasteiger partial charge is 0.481 e. The number of carboxylic acid groups (broad SMARTS) is 1. The smallest absolute Gasteiger partial charge is 0.308 e. The number of carboxylic acids is 1. The van der Waals surface area contributed by atoms with Crippen LogP contribution in [0.2, 0.25) is 0 Å². The van der Waals surface area contributed by atoms with E-state index < -0.39 is 11.9 Å². The predicted molar refractivity (Wildman–Crippen MR) is 72.0 cm³/mol. The molecule has 1 amide bonds. The van der Waals surface area contributed by atoms with E-state index in [0.717, 1.165) is 14.8 Å². The van der Waals surface area contributed by atoms with Gasteiger partial charge >= 0.3 is 5.97 Å². The molecule has 1 fully saturated rings. The summed E-state index contributed by atoms with van der Waals surface area (Å²) in [6.07, 6.45) is 0.0965. The minimum atomic E-state index is -0.900. The number of benzene rings is 1. The number of hydrogen-bond acceptors (Lipinski definition) is 2. The molecule has 1 aromatic rings. The van der Waals surface area contributed by atoms with Crippen molar-refractivity contribution in [3.63, 3.8) is 0 Å². The maximum Gasteiger partial charge on any atom is 0.308 e. The highest BCUT2D eigenvalue weighted by molar-refractivity contribution is 14.1. The number of aryl methyl sites for hydroxylation is 1. The molecular formula is C12H12INO3. The van der Waals surface area contributed by atoms with Crippen molar-refractivity contribution in [1.82, 2.24) is 0 Å². The molecule has 1 atom stereocenters.